The van der Waals surface area contributed by atoms with Crippen LogP contribution in [0.3, 0.4) is 0 Å². The Bertz CT molecular complexity index is 473. The first-order valence-electron chi connectivity index (χ1n) is 4.90. The van der Waals surface area contributed by atoms with Crippen LogP contribution < -0.4 is 0 Å². The van der Waals surface area contributed by atoms with Crippen molar-refractivity contribution >= 4 is 17.3 Å². The van der Waals surface area contributed by atoms with Gasteiger partial charge in [0.25, 0.3) is 0 Å². The SMILES string of the molecule is O=CCCCc1coc2ccc(F)cc12. The molecule has 1 aromatic carbocycles. The Kier molecular flexibility index (Phi) is 2.81. The molecule has 0 atom stereocenters. The van der Waals surface area contributed by atoms with Crippen LogP contribution in [0.2, 0.25) is 0 Å². The Balaban J connectivity index is 2.27. The van der Waals surface area contributed by atoms with Crippen LogP contribution >= 0.6 is 0 Å². The number of hydrogen-bond donors (Lipinski definition) is 0. The quantitative estimate of drug-likeness (QED) is 0.568. The lowest BCUT2D eigenvalue weighted by molar-refractivity contribution is -0.107. The van der Waals surface area contributed by atoms with E-state index >= 15 is 0 Å². The maximum Gasteiger partial charge on any atom is 0.134 e. The van der Waals surface area contributed by atoms with Gasteiger partial charge in [0.2, 0.25) is 0 Å². The normalized spacial score (nSPS) is 10.7. The predicted octanol–water partition coefficient (Wildman–Crippen LogP) is 3.09. The Morgan fingerprint density at radius 3 is 3.07 bits per heavy atom. The van der Waals surface area contributed by atoms with Crippen molar-refractivity contribution in [1.82, 2.24) is 0 Å². The predicted molar refractivity (Wildman–Crippen MR) is 55.2 cm³/mol. The fourth-order valence-corrected chi connectivity index (χ4v) is 1.62. The minimum atomic E-state index is -0.263. The molecule has 0 unspecified atom stereocenters. The number of unbranched alkanes of at least 4 members (excludes halogenated alkanes) is 1. The molecule has 0 aliphatic carbocycles. The smallest absolute Gasteiger partial charge is 0.134 e. The molecule has 1 heterocycles. The molecule has 0 N–H and O–H groups in total. The summed E-state index contributed by atoms with van der Waals surface area (Å²) in [4.78, 5) is 10.2. The number of carbonyl (C=O) groups is 1. The van der Waals surface area contributed by atoms with Gasteiger partial charge < -0.3 is 9.21 Å². The molecule has 3 heteroatoms. The molecule has 0 aliphatic rings. The van der Waals surface area contributed by atoms with Crippen molar-refractivity contribution in [3.63, 3.8) is 0 Å². The van der Waals surface area contributed by atoms with E-state index in [0.717, 1.165) is 30.1 Å². The van der Waals surface area contributed by atoms with E-state index in [0.29, 0.717) is 12.0 Å². The summed E-state index contributed by atoms with van der Waals surface area (Å²) in [5.41, 5.74) is 1.66. The summed E-state index contributed by atoms with van der Waals surface area (Å²) in [7, 11) is 0. The highest BCUT2D eigenvalue weighted by Gasteiger charge is 2.06. The summed E-state index contributed by atoms with van der Waals surface area (Å²) in [6, 6.07) is 4.46. The number of fused-ring (bicyclic) bond motifs is 1. The molecule has 0 saturated carbocycles. The monoisotopic (exact) mass is 206 g/mol. The number of rotatable bonds is 4. The fourth-order valence-electron chi connectivity index (χ4n) is 1.62. The maximum atomic E-state index is 13.0. The van der Waals surface area contributed by atoms with Crippen LogP contribution in [0.5, 0.6) is 0 Å². The highest BCUT2D eigenvalue weighted by atomic mass is 19.1. The van der Waals surface area contributed by atoms with Gasteiger partial charge in [0.15, 0.2) is 0 Å². The fraction of sp³-hybridized carbons (Fsp3) is 0.250. The second kappa shape index (κ2) is 4.26. The number of aryl methyl sites for hydroxylation is 1. The summed E-state index contributed by atoms with van der Waals surface area (Å²) < 4.78 is 18.3. The third kappa shape index (κ3) is 2.06. The lowest BCUT2D eigenvalue weighted by atomic mass is 10.1. The van der Waals surface area contributed by atoms with Crippen LogP contribution in [-0.2, 0) is 11.2 Å². The van der Waals surface area contributed by atoms with E-state index in [2.05, 4.69) is 0 Å². The van der Waals surface area contributed by atoms with Crippen molar-refractivity contribution in [2.75, 3.05) is 0 Å². The number of halogens is 1. The highest BCUT2D eigenvalue weighted by Crippen LogP contribution is 2.23. The van der Waals surface area contributed by atoms with Gasteiger partial charge in [-0.15, -0.1) is 0 Å². The van der Waals surface area contributed by atoms with E-state index in [4.69, 9.17) is 4.42 Å². The summed E-state index contributed by atoms with van der Waals surface area (Å²) in [6.07, 6.45) is 4.57. The molecule has 2 rings (SSSR count). The molecular formula is C12H11FO2. The van der Waals surface area contributed by atoms with Crippen LogP contribution in [0, 0.1) is 5.82 Å². The molecule has 0 amide bonds. The lowest BCUT2D eigenvalue weighted by Crippen LogP contribution is -1.84. The molecule has 78 valence electrons. The van der Waals surface area contributed by atoms with E-state index in [1.807, 2.05) is 0 Å². The van der Waals surface area contributed by atoms with Crippen LogP contribution in [0.15, 0.2) is 28.9 Å². The first-order valence-corrected chi connectivity index (χ1v) is 4.90. The van der Waals surface area contributed by atoms with Gasteiger partial charge in [-0.3, -0.25) is 0 Å². The third-order valence-electron chi connectivity index (χ3n) is 2.38. The molecule has 0 radical (unpaired) electrons. The van der Waals surface area contributed by atoms with E-state index in [1.54, 1.807) is 12.3 Å². The summed E-state index contributed by atoms with van der Waals surface area (Å²) in [5.74, 6) is -0.263. The number of benzene rings is 1. The minimum Gasteiger partial charge on any atom is -0.464 e. The third-order valence-corrected chi connectivity index (χ3v) is 2.38. The van der Waals surface area contributed by atoms with Crippen molar-refractivity contribution in [3.05, 3.63) is 35.8 Å². The summed E-state index contributed by atoms with van der Waals surface area (Å²) >= 11 is 0. The number of carbonyl (C=O) groups excluding carboxylic acids is 1. The Morgan fingerprint density at radius 1 is 1.40 bits per heavy atom. The zero-order chi connectivity index (χ0) is 10.7. The van der Waals surface area contributed by atoms with Gasteiger partial charge in [0, 0.05) is 11.8 Å². The van der Waals surface area contributed by atoms with Gasteiger partial charge in [0.05, 0.1) is 6.26 Å². The largest absolute Gasteiger partial charge is 0.464 e. The van der Waals surface area contributed by atoms with Gasteiger partial charge in [-0.1, -0.05) is 0 Å². The molecule has 0 saturated heterocycles. The van der Waals surface area contributed by atoms with Crippen LogP contribution in [0.25, 0.3) is 11.0 Å². The van der Waals surface area contributed by atoms with E-state index in [9.17, 15) is 9.18 Å². The van der Waals surface area contributed by atoms with Crippen LogP contribution in [0.1, 0.15) is 18.4 Å². The minimum absolute atomic E-state index is 0.263. The highest BCUT2D eigenvalue weighted by molar-refractivity contribution is 5.81. The molecule has 2 aromatic rings. The molecular weight excluding hydrogens is 195 g/mol. The van der Waals surface area contributed by atoms with Gasteiger partial charge >= 0.3 is 0 Å². The van der Waals surface area contributed by atoms with E-state index < -0.39 is 0 Å². The van der Waals surface area contributed by atoms with E-state index in [1.165, 1.54) is 12.1 Å². The number of aldehydes is 1. The summed E-state index contributed by atoms with van der Waals surface area (Å²) in [6.45, 7) is 0. The average Bonchev–Trinajstić information content (AvgIpc) is 2.62. The molecule has 15 heavy (non-hydrogen) atoms. The van der Waals surface area contributed by atoms with Gasteiger partial charge in [0.1, 0.15) is 17.7 Å². The molecule has 0 aliphatic heterocycles. The van der Waals surface area contributed by atoms with Crippen molar-refractivity contribution in [2.24, 2.45) is 0 Å². The Morgan fingerprint density at radius 2 is 2.27 bits per heavy atom. The molecule has 0 spiro atoms. The van der Waals surface area contributed by atoms with Gasteiger partial charge in [-0.2, -0.15) is 0 Å². The number of furan rings is 1. The molecule has 0 bridgehead atoms. The first kappa shape index (κ1) is 9.90. The second-order valence-corrected chi connectivity index (χ2v) is 3.46. The lowest BCUT2D eigenvalue weighted by Gasteiger charge is -1.95. The molecule has 0 fully saturated rings. The maximum absolute atomic E-state index is 13.0. The summed E-state index contributed by atoms with van der Waals surface area (Å²) in [5, 5.41) is 0.806. The second-order valence-electron chi connectivity index (χ2n) is 3.46. The zero-order valence-corrected chi connectivity index (χ0v) is 8.20. The van der Waals surface area contributed by atoms with Gasteiger partial charge in [-0.25, -0.2) is 4.39 Å². The van der Waals surface area contributed by atoms with Crippen molar-refractivity contribution in [1.29, 1.82) is 0 Å². The van der Waals surface area contributed by atoms with Crippen LogP contribution in [-0.4, -0.2) is 6.29 Å². The first-order chi connectivity index (χ1) is 7.31. The Hall–Kier alpha value is -1.64. The molecule has 2 nitrogen and oxygen atoms in total. The average molecular weight is 206 g/mol. The number of hydrogen-bond acceptors (Lipinski definition) is 2. The van der Waals surface area contributed by atoms with E-state index in [-0.39, 0.29) is 5.82 Å². The van der Waals surface area contributed by atoms with Crippen molar-refractivity contribution in [3.8, 4) is 0 Å². The standard InChI is InChI=1S/C12H11FO2/c13-10-4-5-12-11(7-10)9(8-15-12)3-1-2-6-14/h4-8H,1-3H2. The van der Waals surface area contributed by atoms with Gasteiger partial charge in [-0.05, 0) is 36.6 Å². The van der Waals surface area contributed by atoms with Crippen molar-refractivity contribution in [2.45, 2.75) is 19.3 Å². The Labute approximate surface area is 86.7 Å². The van der Waals surface area contributed by atoms with Crippen LogP contribution in [0.4, 0.5) is 4.39 Å². The zero-order valence-electron chi connectivity index (χ0n) is 8.20. The van der Waals surface area contributed by atoms with Crippen molar-refractivity contribution < 1.29 is 13.6 Å². The molecule has 1 aromatic heterocycles. The topological polar surface area (TPSA) is 30.2 Å².